The fourth-order valence-corrected chi connectivity index (χ4v) is 5.26. The molecule has 5 rings (SSSR count). The molecular formula is C21H23N7O2S. The molecular weight excluding hydrogens is 414 g/mol. The van der Waals surface area contributed by atoms with E-state index >= 15 is 0 Å². The highest BCUT2D eigenvalue weighted by Crippen LogP contribution is 2.47. The first kappa shape index (κ1) is 20.0. The number of piperidine rings is 1. The lowest BCUT2D eigenvalue weighted by atomic mass is 9.77. The second kappa shape index (κ2) is 7.93. The third kappa shape index (κ3) is 3.88. The molecule has 3 heterocycles. The maximum Gasteiger partial charge on any atom is 0.269 e. The van der Waals surface area contributed by atoms with Gasteiger partial charge in [0.1, 0.15) is 5.82 Å². The lowest BCUT2D eigenvalue weighted by Crippen LogP contribution is -2.39. The lowest BCUT2D eigenvalue weighted by molar-refractivity contribution is -0.384. The number of nitro benzene ring substituents is 1. The third-order valence-corrected chi connectivity index (χ3v) is 6.99. The average Bonchev–Trinajstić information content (AvgIpc) is 3.33. The maximum absolute atomic E-state index is 10.9. The Morgan fingerprint density at radius 3 is 2.61 bits per heavy atom. The largest absolute Gasteiger partial charge is 0.323 e. The van der Waals surface area contributed by atoms with E-state index in [1.54, 1.807) is 12.1 Å². The van der Waals surface area contributed by atoms with Crippen LogP contribution in [0, 0.1) is 17.0 Å². The Morgan fingerprint density at radius 1 is 1.16 bits per heavy atom. The van der Waals surface area contributed by atoms with Gasteiger partial charge in [0, 0.05) is 39.8 Å². The van der Waals surface area contributed by atoms with Crippen LogP contribution >= 0.6 is 11.8 Å². The van der Waals surface area contributed by atoms with E-state index in [1.165, 1.54) is 29.5 Å². The summed E-state index contributed by atoms with van der Waals surface area (Å²) in [6, 6.07) is 8.45. The van der Waals surface area contributed by atoms with Gasteiger partial charge in [-0.05, 0) is 69.6 Å². The zero-order chi connectivity index (χ0) is 21.4. The number of non-ortho nitro benzene ring substituents is 1. The van der Waals surface area contributed by atoms with Crippen molar-refractivity contribution in [3.8, 4) is 0 Å². The summed E-state index contributed by atoms with van der Waals surface area (Å²) in [7, 11) is 0. The molecule has 1 aliphatic heterocycles. The molecule has 3 aromatic rings. The van der Waals surface area contributed by atoms with Crippen LogP contribution in [0.2, 0.25) is 0 Å². The third-order valence-electron chi connectivity index (χ3n) is 6.11. The van der Waals surface area contributed by atoms with Crippen molar-refractivity contribution in [3.05, 3.63) is 57.4 Å². The number of nitrogens with zero attached hydrogens (tertiary/aromatic N) is 4. The normalized spacial score (nSPS) is 16.9. The van der Waals surface area contributed by atoms with Gasteiger partial charge in [0.15, 0.2) is 11.0 Å². The van der Waals surface area contributed by atoms with Crippen molar-refractivity contribution < 1.29 is 4.92 Å². The zero-order valence-electron chi connectivity index (χ0n) is 17.1. The molecule has 0 unspecified atom stereocenters. The highest BCUT2D eigenvalue weighted by atomic mass is 32.2. The Bertz CT molecular complexity index is 1120. The predicted octanol–water partition coefficient (Wildman–Crippen LogP) is 3.88. The van der Waals surface area contributed by atoms with Crippen LogP contribution in [0.5, 0.6) is 0 Å². The van der Waals surface area contributed by atoms with Crippen LogP contribution in [0.3, 0.4) is 0 Å². The Balaban J connectivity index is 1.52. The number of rotatable bonds is 5. The number of hydrogen-bond acceptors (Lipinski definition) is 8. The van der Waals surface area contributed by atoms with E-state index in [2.05, 4.69) is 20.8 Å². The SMILES string of the molecule is Cc1cc(Nc2nc(Sc3ccc([N+](=O)[O-])cc3)nc3c2CCC32CCNCC2)n[nH]1. The molecule has 1 spiro atoms. The van der Waals surface area contributed by atoms with Crippen LogP contribution in [-0.2, 0) is 11.8 Å². The van der Waals surface area contributed by atoms with E-state index in [1.807, 2.05) is 13.0 Å². The van der Waals surface area contributed by atoms with Crippen LogP contribution in [0.1, 0.15) is 36.2 Å². The quantitative estimate of drug-likeness (QED) is 0.312. The number of hydrogen-bond donors (Lipinski definition) is 3. The first-order chi connectivity index (χ1) is 15.0. The Hall–Kier alpha value is -2.98. The summed E-state index contributed by atoms with van der Waals surface area (Å²) in [6.07, 6.45) is 4.17. The maximum atomic E-state index is 10.9. The Labute approximate surface area is 183 Å². The molecule has 9 nitrogen and oxygen atoms in total. The van der Waals surface area contributed by atoms with Gasteiger partial charge >= 0.3 is 0 Å². The smallest absolute Gasteiger partial charge is 0.269 e. The monoisotopic (exact) mass is 437 g/mol. The first-order valence-electron chi connectivity index (χ1n) is 10.4. The summed E-state index contributed by atoms with van der Waals surface area (Å²) in [5.41, 5.74) is 3.46. The fourth-order valence-electron chi connectivity index (χ4n) is 4.51. The molecule has 0 radical (unpaired) electrons. The standard InChI is InChI=1S/C21H23N7O2S/c1-13-12-17(27-26-13)23-19-16-6-7-21(8-10-22-11-9-21)18(16)24-20(25-19)31-15-4-2-14(3-5-15)28(29)30/h2-5,12,22H,6-11H2,1H3,(H2,23,24,25,26,27). The van der Waals surface area contributed by atoms with Gasteiger partial charge in [-0.3, -0.25) is 15.2 Å². The molecule has 10 heteroatoms. The second-order valence-electron chi connectivity index (χ2n) is 8.13. The first-order valence-corrected chi connectivity index (χ1v) is 11.2. The second-order valence-corrected chi connectivity index (χ2v) is 9.17. The molecule has 3 N–H and O–H groups in total. The highest BCUT2D eigenvalue weighted by Gasteiger charge is 2.43. The van der Waals surface area contributed by atoms with Gasteiger partial charge in [-0.1, -0.05) is 0 Å². The van der Waals surface area contributed by atoms with Crippen molar-refractivity contribution in [1.82, 2.24) is 25.5 Å². The number of aryl methyl sites for hydroxylation is 1. The van der Waals surface area contributed by atoms with Crippen LogP contribution in [0.15, 0.2) is 40.4 Å². The average molecular weight is 438 g/mol. The molecule has 2 aliphatic rings. The zero-order valence-corrected chi connectivity index (χ0v) is 18.0. The minimum Gasteiger partial charge on any atom is -0.323 e. The Kier molecular flexibility index (Phi) is 5.11. The van der Waals surface area contributed by atoms with Crippen LogP contribution in [-0.4, -0.2) is 38.2 Å². The summed E-state index contributed by atoms with van der Waals surface area (Å²) >= 11 is 1.42. The minimum absolute atomic E-state index is 0.0733. The van der Waals surface area contributed by atoms with Crippen molar-refractivity contribution >= 4 is 29.1 Å². The summed E-state index contributed by atoms with van der Waals surface area (Å²) in [6.45, 7) is 3.95. The lowest BCUT2D eigenvalue weighted by Gasteiger charge is -2.34. The van der Waals surface area contributed by atoms with E-state index < -0.39 is 4.92 Å². The number of nitro groups is 1. The molecule has 0 saturated carbocycles. The molecule has 31 heavy (non-hydrogen) atoms. The van der Waals surface area contributed by atoms with E-state index in [9.17, 15) is 10.1 Å². The van der Waals surface area contributed by atoms with Gasteiger partial charge in [-0.15, -0.1) is 0 Å². The predicted molar refractivity (Wildman–Crippen MR) is 118 cm³/mol. The molecule has 1 aliphatic carbocycles. The molecule has 1 fully saturated rings. The number of aromatic nitrogens is 4. The van der Waals surface area contributed by atoms with Gasteiger partial charge in [0.05, 0.1) is 10.6 Å². The summed E-state index contributed by atoms with van der Waals surface area (Å²) in [5, 5.41) is 25.7. The molecule has 1 saturated heterocycles. The molecule has 0 amide bonds. The summed E-state index contributed by atoms with van der Waals surface area (Å²) < 4.78 is 0. The van der Waals surface area contributed by atoms with Crippen LogP contribution in [0.25, 0.3) is 0 Å². The molecule has 0 atom stereocenters. The van der Waals surface area contributed by atoms with Crippen molar-refractivity contribution in [1.29, 1.82) is 0 Å². The topological polar surface area (TPSA) is 122 Å². The van der Waals surface area contributed by atoms with Gasteiger partial charge in [-0.2, -0.15) is 5.10 Å². The van der Waals surface area contributed by atoms with E-state index in [0.717, 1.165) is 66.7 Å². The number of H-pyrrole nitrogens is 1. The number of fused-ring (bicyclic) bond motifs is 2. The van der Waals surface area contributed by atoms with Gasteiger partial charge in [0.25, 0.3) is 5.69 Å². The molecule has 1 aromatic carbocycles. The minimum atomic E-state index is -0.394. The fraction of sp³-hybridized carbons (Fsp3) is 0.381. The summed E-state index contributed by atoms with van der Waals surface area (Å²) in [5.74, 6) is 1.53. The number of aromatic amines is 1. The molecule has 0 bridgehead atoms. The van der Waals surface area contributed by atoms with Crippen molar-refractivity contribution in [2.24, 2.45) is 0 Å². The number of benzene rings is 1. The van der Waals surface area contributed by atoms with Crippen molar-refractivity contribution in [2.75, 3.05) is 18.4 Å². The van der Waals surface area contributed by atoms with Crippen molar-refractivity contribution in [3.63, 3.8) is 0 Å². The van der Waals surface area contributed by atoms with E-state index in [-0.39, 0.29) is 11.1 Å². The van der Waals surface area contributed by atoms with Crippen LogP contribution < -0.4 is 10.6 Å². The van der Waals surface area contributed by atoms with E-state index in [4.69, 9.17) is 9.97 Å². The Morgan fingerprint density at radius 2 is 1.94 bits per heavy atom. The van der Waals surface area contributed by atoms with Gasteiger partial charge < -0.3 is 10.6 Å². The van der Waals surface area contributed by atoms with E-state index in [0.29, 0.717) is 5.16 Å². The number of anilines is 2. The molecule has 160 valence electrons. The van der Waals surface area contributed by atoms with Gasteiger partial charge in [-0.25, -0.2) is 9.97 Å². The van der Waals surface area contributed by atoms with Crippen LogP contribution in [0.4, 0.5) is 17.3 Å². The summed E-state index contributed by atoms with van der Waals surface area (Å²) in [4.78, 5) is 21.2. The highest BCUT2D eigenvalue weighted by molar-refractivity contribution is 7.99. The van der Waals surface area contributed by atoms with Crippen molar-refractivity contribution in [2.45, 2.75) is 48.1 Å². The molecule has 2 aromatic heterocycles. The number of nitrogens with one attached hydrogen (secondary N) is 3. The van der Waals surface area contributed by atoms with Gasteiger partial charge in [0.2, 0.25) is 0 Å².